The van der Waals surface area contributed by atoms with Crippen molar-refractivity contribution in [3.8, 4) is 0 Å². The summed E-state index contributed by atoms with van der Waals surface area (Å²) in [5, 5.41) is 0. The lowest BCUT2D eigenvalue weighted by Crippen LogP contribution is -2.29. The van der Waals surface area contributed by atoms with Gasteiger partial charge in [0.1, 0.15) is 5.82 Å². The van der Waals surface area contributed by atoms with Crippen LogP contribution in [0.15, 0.2) is 24.3 Å². The van der Waals surface area contributed by atoms with Gasteiger partial charge in [-0.3, -0.25) is 4.90 Å². The van der Waals surface area contributed by atoms with Gasteiger partial charge < -0.3 is 0 Å². The number of halogens is 2. The predicted octanol–water partition coefficient (Wildman–Crippen LogP) is 3.81. The van der Waals surface area contributed by atoms with Crippen LogP contribution in [0.5, 0.6) is 0 Å². The lowest BCUT2D eigenvalue weighted by molar-refractivity contribution is 0.231. The molecule has 0 saturated carbocycles. The van der Waals surface area contributed by atoms with Crippen LogP contribution < -0.4 is 0 Å². The fourth-order valence-electron chi connectivity index (χ4n) is 2.59. The largest absolute Gasteiger partial charge is 0.296 e. The Morgan fingerprint density at radius 2 is 2.18 bits per heavy atom. The molecule has 1 atom stereocenters. The number of nitrogens with zero attached hydrogens (tertiary/aromatic N) is 1. The van der Waals surface area contributed by atoms with Gasteiger partial charge in [-0.1, -0.05) is 18.2 Å². The lowest BCUT2D eigenvalue weighted by Gasteiger charge is -2.24. The minimum Gasteiger partial charge on any atom is -0.296 e. The fourth-order valence-corrected chi connectivity index (χ4v) is 2.74. The van der Waals surface area contributed by atoms with Crippen LogP contribution in [0.25, 0.3) is 0 Å². The summed E-state index contributed by atoms with van der Waals surface area (Å²) >= 11 is 5.73. The van der Waals surface area contributed by atoms with Gasteiger partial charge in [0.15, 0.2) is 0 Å². The van der Waals surface area contributed by atoms with E-state index in [2.05, 4.69) is 4.90 Å². The average Bonchev–Trinajstić information content (AvgIpc) is 2.77. The Bertz CT molecular complexity index is 356. The summed E-state index contributed by atoms with van der Waals surface area (Å²) in [7, 11) is 0. The fraction of sp³-hybridized carbons (Fsp3) is 0.571. The van der Waals surface area contributed by atoms with Crippen LogP contribution >= 0.6 is 11.6 Å². The van der Waals surface area contributed by atoms with E-state index < -0.39 is 0 Å². The maximum atomic E-state index is 13.6. The summed E-state index contributed by atoms with van der Waals surface area (Å²) in [4.78, 5) is 2.39. The molecule has 0 amide bonds. The number of hydrogen-bond acceptors (Lipinski definition) is 1. The van der Waals surface area contributed by atoms with Crippen LogP contribution in [0, 0.1) is 5.82 Å². The maximum Gasteiger partial charge on any atom is 0.127 e. The van der Waals surface area contributed by atoms with Crippen molar-refractivity contribution in [3.05, 3.63) is 35.6 Å². The quantitative estimate of drug-likeness (QED) is 0.724. The second kappa shape index (κ2) is 6.36. The Kier molecular flexibility index (Phi) is 4.81. The average molecular weight is 256 g/mol. The summed E-state index contributed by atoms with van der Waals surface area (Å²) in [5.41, 5.74) is 0.810. The van der Waals surface area contributed by atoms with Crippen LogP contribution in [0.3, 0.4) is 0 Å². The summed E-state index contributed by atoms with van der Waals surface area (Å²) in [5.74, 6) is 0.639. The molecule has 0 aromatic heterocycles. The standard InChI is InChI=1S/C14H19ClFN/c15-9-3-6-13-7-4-10-17(13)11-12-5-1-2-8-14(12)16/h1-2,5,8,13H,3-4,6-7,9-11H2. The molecule has 3 heteroatoms. The van der Waals surface area contributed by atoms with E-state index >= 15 is 0 Å². The smallest absolute Gasteiger partial charge is 0.127 e. The first-order chi connectivity index (χ1) is 8.31. The van der Waals surface area contributed by atoms with Crippen LogP contribution in [0.1, 0.15) is 31.2 Å². The van der Waals surface area contributed by atoms with Crippen molar-refractivity contribution in [2.24, 2.45) is 0 Å². The monoisotopic (exact) mass is 255 g/mol. The van der Waals surface area contributed by atoms with Crippen LogP contribution in [0.2, 0.25) is 0 Å². The van der Waals surface area contributed by atoms with Crippen molar-refractivity contribution in [2.75, 3.05) is 12.4 Å². The van der Waals surface area contributed by atoms with Crippen molar-refractivity contribution in [2.45, 2.75) is 38.3 Å². The van der Waals surface area contributed by atoms with Crippen molar-refractivity contribution in [1.82, 2.24) is 4.90 Å². The molecule has 1 unspecified atom stereocenters. The van der Waals surface area contributed by atoms with Gasteiger partial charge in [-0.15, -0.1) is 11.6 Å². The summed E-state index contributed by atoms with van der Waals surface area (Å²) in [6.07, 6.45) is 4.64. The first kappa shape index (κ1) is 12.8. The molecular formula is C14H19ClFN. The summed E-state index contributed by atoms with van der Waals surface area (Å²) in [6.45, 7) is 1.82. The van der Waals surface area contributed by atoms with Gasteiger partial charge in [0.05, 0.1) is 0 Å². The minimum atomic E-state index is -0.0875. The molecular weight excluding hydrogens is 237 g/mol. The molecule has 1 aromatic rings. The molecule has 1 fully saturated rings. The van der Waals surface area contributed by atoms with E-state index in [1.807, 2.05) is 12.1 Å². The summed E-state index contributed by atoms with van der Waals surface area (Å²) in [6, 6.07) is 7.66. The Morgan fingerprint density at radius 3 is 2.94 bits per heavy atom. The molecule has 0 N–H and O–H groups in total. The number of rotatable bonds is 5. The molecule has 1 aromatic carbocycles. The second-order valence-electron chi connectivity index (χ2n) is 4.69. The highest BCUT2D eigenvalue weighted by Crippen LogP contribution is 2.24. The van der Waals surface area contributed by atoms with E-state index in [1.54, 1.807) is 12.1 Å². The van der Waals surface area contributed by atoms with E-state index in [1.165, 1.54) is 12.8 Å². The predicted molar refractivity (Wildman–Crippen MR) is 69.8 cm³/mol. The second-order valence-corrected chi connectivity index (χ2v) is 5.07. The zero-order chi connectivity index (χ0) is 12.1. The van der Waals surface area contributed by atoms with Gasteiger partial charge in [-0.25, -0.2) is 4.39 Å². The van der Waals surface area contributed by atoms with Gasteiger partial charge in [0, 0.05) is 24.0 Å². The van der Waals surface area contributed by atoms with Crippen molar-refractivity contribution in [1.29, 1.82) is 0 Å². The van der Waals surface area contributed by atoms with Crippen LogP contribution in [-0.4, -0.2) is 23.4 Å². The summed E-state index contributed by atoms with van der Waals surface area (Å²) < 4.78 is 13.6. The SMILES string of the molecule is Fc1ccccc1CN1CCCC1CCCCl. The van der Waals surface area contributed by atoms with E-state index in [4.69, 9.17) is 11.6 Å². The lowest BCUT2D eigenvalue weighted by atomic mass is 10.1. The molecule has 17 heavy (non-hydrogen) atoms. The molecule has 1 aliphatic heterocycles. The molecule has 1 nitrogen and oxygen atoms in total. The third-order valence-electron chi connectivity index (χ3n) is 3.50. The van der Waals surface area contributed by atoms with Crippen LogP contribution in [0.4, 0.5) is 4.39 Å². The zero-order valence-electron chi connectivity index (χ0n) is 10.0. The molecule has 0 bridgehead atoms. The molecule has 1 saturated heterocycles. The third-order valence-corrected chi connectivity index (χ3v) is 3.77. The third kappa shape index (κ3) is 3.43. The van der Waals surface area contributed by atoms with E-state index in [9.17, 15) is 4.39 Å². The zero-order valence-corrected chi connectivity index (χ0v) is 10.8. The Labute approximate surface area is 108 Å². The maximum absolute atomic E-state index is 13.6. The number of hydrogen-bond donors (Lipinski definition) is 0. The van der Waals surface area contributed by atoms with E-state index in [0.717, 1.165) is 37.4 Å². The van der Waals surface area contributed by atoms with Gasteiger partial charge >= 0.3 is 0 Å². The van der Waals surface area contributed by atoms with Gasteiger partial charge in [-0.2, -0.15) is 0 Å². The highest BCUT2D eigenvalue weighted by atomic mass is 35.5. The molecule has 1 heterocycles. The van der Waals surface area contributed by atoms with Crippen molar-refractivity contribution in [3.63, 3.8) is 0 Å². The Morgan fingerprint density at radius 1 is 1.35 bits per heavy atom. The van der Waals surface area contributed by atoms with Crippen molar-refractivity contribution < 1.29 is 4.39 Å². The molecule has 2 rings (SSSR count). The molecule has 1 aliphatic rings. The van der Waals surface area contributed by atoms with Crippen LogP contribution in [-0.2, 0) is 6.54 Å². The number of alkyl halides is 1. The van der Waals surface area contributed by atoms with Gasteiger partial charge in [-0.05, 0) is 38.3 Å². The number of likely N-dealkylation sites (tertiary alicyclic amines) is 1. The first-order valence-electron chi connectivity index (χ1n) is 6.34. The topological polar surface area (TPSA) is 3.24 Å². The van der Waals surface area contributed by atoms with E-state index in [0.29, 0.717) is 6.04 Å². The molecule has 0 spiro atoms. The molecule has 0 radical (unpaired) electrons. The highest BCUT2D eigenvalue weighted by molar-refractivity contribution is 6.17. The number of benzene rings is 1. The van der Waals surface area contributed by atoms with Gasteiger partial charge in [0.2, 0.25) is 0 Å². The normalized spacial score (nSPS) is 20.9. The Balaban J connectivity index is 1.95. The van der Waals surface area contributed by atoms with Gasteiger partial charge in [0.25, 0.3) is 0 Å². The Hall–Kier alpha value is -0.600. The molecule has 0 aliphatic carbocycles. The first-order valence-corrected chi connectivity index (χ1v) is 6.88. The minimum absolute atomic E-state index is 0.0875. The van der Waals surface area contributed by atoms with E-state index in [-0.39, 0.29) is 5.82 Å². The van der Waals surface area contributed by atoms with Crippen molar-refractivity contribution >= 4 is 11.6 Å². The molecule has 94 valence electrons. The highest BCUT2D eigenvalue weighted by Gasteiger charge is 2.24.